The Bertz CT molecular complexity index is 1450. The second kappa shape index (κ2) is 13.0. The Morgan fingerprint density at radius 1 is 1.07 bits per heavy atom. The number of aliphatic hydroxyl groups excluding tert-OH is 1. The van der Waals surface area contributed by atoms with E-state index in [-0.39, 0.29) is 29.0 Å². The van der Waals surface area contributed by atoms with Gasteiger partial charge >= 0.3 is 11.9 Å². The van der Waals surface area contributed by atoms with E-state index in [1.807, 2.05) is 61.5 Å². The molecule has 7 nitrogen and oxygen atoms in total. The minimum atomic E-state index is -0.743. The van der Waals surface area contributed by atoms with Gasteiger partial charge in [-0.25, -0.2) is 9.59 Å². The summed E-state index contributed by atoms with van der Waals surface area (Å²) in [5.41, 5.74) is 0.0843. The van der Waals surface area contributed by atoms with Gasteiger partial charge in [-0.3, -0.25) is 4.79 Å². The van der Waals surface area contributed by atoms with Crippen molar-refractivity contribution in [2.24, 2.45) is 34.0 Å². The van der Waals surface area contributed by atoms with Crippen LogP contribution >= 0.6 is 0 Å². The van der Waals surface area contributed by atoms with Crippen molar-refractivity contribution >= 4 is 23.8 Å². The molecule has 0 amide bonds. The number of hydrogen-bond donors (Lipinski definition) is 1. The summed E-state index contributed by atoms with van der Waals surface area (Å²) in [5, 5.41) is 11.7. The van der Waals surface area contributed by atoms with Gasteiger partial charge in [-0.2, -0.15) is 0 Å². The highest BCUT2D eigenvalue weighted by Gasteiger charge is 2.68. The summed E-state index contributed by atoms with van der Waals surface area (Å²) in [4.78, 5) is 39.4. The molecule has 0 saturated heterocycles. The van der Waals surface area contributed by atoms with Crippen LogP contribution < -0.4 is 4.74 Å². The van der Waals surface area contributed by atoms with Crippen LogP contribution in [0.4, 0.5) is 0 Å². The van der Waals surface area contributed by atoms with E-state index < -0.39 is 41.6 Å². The molecule has 2 aromatic carbocycles. The second-order valence-corrected chi connectivity index (χ2v) is 13.9. The topological polar surface area (TPSA) is 99.1 Å². The van der Waals surface area contributed by atoms with Crippen molar-refractivity contribution in [3.63, 3.8) is 0 Å². The summed E-state index contributed by atoms with van der Waals surface area (Å²) >= 11 is 0. The molecule has 2 bridgehead atoms. The molecule has 0 aromatic heterocycles. The lowest BCUT2D eigenvalue weighted by Crippen LogP contribution is -2.63. The van der Waals surface area contributed by atoms with E-state index in [9.17, 15) is 19.5 Å². The predicted octanol–water partition coefficient (Wildman–Crippen LogP) is 6.73. The fourth-order valence-electron chi connectivity index (χ4n) is 8.49. The molecule has 2 unspecified atom stereocenters. The van der Waals surface area contributed by atoms with Gasteiger partial charge in [0.2, 0.25) is 0 Å². The van der Waals surface area contributed by atoms with Crippen LogP contribution in [0.25, 0.3) is 6.08 Å². The third-order valence-corrected chi connectivity index (χ3v) is 11.4. The molecular formula is C38H46O7. The van der Waals surface area contributed by atoms with E-state index in [2.05, 4.69) is 27.4 Å². The summed E-state index contributed by atoms with van der Waals surface area (Å²) in [6.07, 6.45) is 6.50. The largest absolute Gasteiger partial charge is 0.489 e. The quantitative estimate of drug-likeness (QED) is 0.190. The fourth-order valence-corrected chi connectivity index (χ4v) is 8.49. The van der Waals surface area contributed by atoms with E-state index in [4.69, 9.17) is 14.2 Å². The molecule has 45 heavy (non-hydrogen) atoms. The first kappa shape index (κ1) is 32.7. The minimum Gasteiger partial charge on any atom is -0.489 e. The first-order chi connectivity index (χ1) is 21.4. The Hall–Kier alpha value is -3.71. The van der Waals surface area contributed by atoms with Crippen LogP contribution in [0.1, 0.15) is 70.9 Å². The molecule has 0 aliphatic heterocycles. The molecular weight excluding hydrogens is 568 g/mol. The van der Waals surface area contributed by atoms with Crippen LogP contribution in [-0.2, 0) is 30.5 Å². The molecule has 3 saturated carbocycles. The Labute approximate surface area is 266 Å². The van der Waals surface area contributed by atoms with Crippen LogP contribution in [-0.4, -0.2) is 41.6 Å². The van der Waals surface area contributed by atoms with Crippen molar-refractivity contribution in [1.82, 2.24) is 0 Å². The average Bonchev–Trinajstić information content (AvgIpc) is 3.40. The fraction of sp³-hybridized carbons (Fsp3) is 0.500. The number of ether oxygens (including phenoxy) is 3. The molecule has 0 radical (unpaired) electrons. The summed E-state index contributed by atoms with van der Waals surface area (Å²) < 4.78 is 17.3. The van der Waals surface area contributed by atoms with E-state index in [0.29, 0.717) is 25.2 Å². The smallest absolute Gasteiger partial charge is 0.344 e. The number of benzene rings is 2. The van der Waals surface area contributed by atoms with Gasteiger partial charge < -0.3 is 19.3 Å². The van der Waals surface area contributed by atoms with Crippen LogP contribution in [0, 0.1) is 34.0 Å². The molecule has 5 rings (SSSR count). The standard InChI is InChI=1S/C38H46O7/c1-6-36(4)22-31(37(5)25(2)17-19-38(26(3)35(36)42)20-18-30(39)34(37)38)45-33(41)24-44-32(40)16-15-27-13-10-14-29(21-27)43-23-28-11-8-7-9-12-28/h6-16,21,25-26,31,34-35,42H,1,17-20,22-24H2,2-5H3/b16-15+/t25-,26-,31+,34-,35-,36?,37-,38?/m0/s1. The zero-order valence-electron chi connectivity index (χ0n) is 26.9. The monoisotopic (exact) mass is 614 g/mol. The molecule has 0 spiro atoms. The second-order valence-electron chi connectivity index (χ2n) is 13.9. The van der Waals surface area contributed by atoms with E-state index in [0.717, 1.165) is 30.4 Å². The highest BCUT2D eigenvalue weighted by molar-refractivity contribution is 5.89. The molecule has 1 N–H and O–H groups in total. The summed E-state index contributed by atoms with van der Waals surface area (Å²) in [6.45, 7) is 12.2. The van der Waals surface area contributed by atoms with Crippen LogP contribution in [0.15, 0.2) is 73.3 Å². The zero-order chi connectivity index (χ0) is 32.4. The molecule has 7 heteroatoms. The number of ketones is 1. The van der Waals surface area contributed by atoms with Crippen molar-refractivity contribution in [3.05, 3.63) is 84.5 Å². The maximum Gasteiger partial charge on any atom is 0.344 e. The van der Waals surface area contributed by atoms with Gasteiger partial charge in [-0.05, 0) is 72.3 Å². The number of esters is 2. The van der Waals surface area contributed by atoms with Gasteiger partial charge in [0.05, 0.1) is 6.10 Å². The van der Waals surface area contributed by atoms with Gasteiger partial charge in [0.25, 0.3) is 0 Å². The Balaban J connectivity index is 1.26. The molecule has 3 aliphatic rings. The van der Waals surface area contributed by atoms with E-state index in [1.165, 1.54) is 6.08 Å². The SMILES string of the molecule is C=CC1(C)C[C@@H](OC(=O)COC(=O)/C=C/c2cccc(OCc3ccccc3)c2)[C@@]2(C)[C@@H]3C(=O)CCC3(CC[C@@H]2C)[C@@H](C)[C@@H]1O. The molecule has 3 fully saturated rings. The average molecular weight is 615 g/mol. The van der Waals surface area contributed by atoms with Gasteiger partial charge in [0.15, 0.2) is 6.61 Å². The lowest BCUT2D eigenvalue weighted by Gasteiger charge is -2.61. The Morgan fingerprint density at radius 3 is 2.56 bits per heavy atom. The third-order valence-electron chi connectivity index (χ3n) is 11.4. The van der Waals surface area contributed by atoms with Crippen LogP contribution in [0.2, 0.25) is 0 Å². The zero-order valence-corrected chi connectivity index (χ0v) is 26.9. The lowest BCUT2D eigenvalue weighted by atomic mass is 9.44. The first-order valence-corrected chi connectivity index (χ1v) is 16.1. The first-order valence-electron chi connectivity index (χ1n) is 16.1. The molecule has 3 aliphatic carbocycles. The Kier molecular flexibility index (Phi) is 9.41. The number of hydrogen-bond acceptors (Lipinski definition) is 7. The van der Waals surface area contributed by atoms with Crippen molar-refractivity contribution in [2.45, 2.75) is 78.6 Å². The number of carbonyl (C=O) groups is 3. The third kappa shape index (κ3) is 6.24. The molecule has 240 valence electrons. The number of rotatable bonds is 9. The van der Waals surface area contributed by atoms with Crippen molar-refractivity contribution in [3.8, 4) is 5.75 Å². The van der Waals surface area contributed by atoms with Crippen molar-refractivity contribution in [2.75, 3.05) is 6.61 Å². The lowest BCUT2D eigenvalue weighted by molar-refractivity contribution is -0.208. The maximum atomic E-state index is 13.5. The summed E-state index contributed by atoms with van der Waals surface area (Å²) in [5.74, 6) is -0.807. The maximum absolute atomic E-state index is 13.5. The van der Waals surface area contributed by atoms with Gasteiger partial charge in [0.1, 0.15) is 24.2 Å². The highest BCUT2D eigenvalue weighted by atomic mass is 16.6. The molecule has 2 aromatic rings. The van der Waals surface area contributed by atoms with Crippen molar-refractivity contribution in [1.29, 1.82) is 0 Å². The van der Waals surface area contributed by atoms with Gasteiger partial charge in [-0.1, -0.05) is 76.2 Å². The summed E-state index contributed by atoms with van der Waals surface area (Å²) in [7, 11) is 0. The molecule has 0 heterocycles. The van der Waals surface area contributed by atoms with Crippen molar-refractivity contribution < 1.29 is 33.7 Å². The van der Waals surface area contributed by atoms with Gasteiger partial charge in [0, 0.05) is 29.2 Å². The Morgan fingerprint density at radius 2 is 1.82 bits per heavy atom. The van der Waals surface area contributed by atoms with E-state index in [1.54, 1.807) is 12.2 Å². The van der Waals surface area contributed by atoms with E-state index >= 15 is 0 Å². The highest BCUT2D eigenvalue weighted by Crippen LogP contribution is 2.68. The summed E-state index contributed by atoms with van der Waals surface area (Å²) in [6, 6.07) is 17.2. The minimum absolute atomic E-state index is 0.107. The molecule has 8 atom stereocenters. The van der Waals surface area contributed by atoms with Crippen LogP contribution in [0.5, 0.6) is 5.75 Å². The predicted molar refractivity (Wildman–Crippen MR) is 172 cm³/mol. The number of aliphatic hydroxyl groups is 1. The number of Topliss-reactive ketones (excluding diaryl/α,β-unsaturated/α-hetero) is 1. The number of carbonyl (C=O) groups excluding carboxylic acids is 3. The van der Waals surface area contributed by atoms with Crippen LogP contribution in [0.3, 0.4) is 0 Å². The normalized spacial score (nSPS) is 34.3. The van der Waals surface area contributed by atoms with Gasteiger partial charge in [-0.15, -0.1) is 6.58 Å².